The predicted octanol–water partition coefficient (Wildman–Crippen LogP) is -0.223. The molecule has 0 saturated carbocycles. The van der Waals surface area contributed by atoms with Gasteiger partial charge in [0.05, 0.1) is 0 Å². The summed E-state index contributed by atoms with van der Waals surface area (Å²) in [6.45, 7) is 2.74. The Labute approximate surface area is 71.6 Å². The minimum atomic E-state index is -0.280. The van der Waals surface area contributed by atoms with Crippen molar-refractivity contribution in [1.29, 1.82) is 0 Å². The Kier molecular flexibility index (Phi) is 4.74. The first-order valence-corrected chi connectivity index (χ1v) is 5.54. The topological polar surface area (TPSA) is 58.5 Å². The van der Waals surface area contributed by atoms with Crippen molar-refractivity contribution in [1.82, 2.24) is 5.32 Å². The summed E-state index contributed by atoms with van der Waals surface area (Å²) in [4.78, 5) is 24.6. The molecule has 0 fully saturated rings. The van der Waals surface area contributed by atoms with E-state index in [9.17, 15) is 9.59 Å². The molecule has 0 rings (SSSR count). The fraction of sp³-hybridized carbons (Fsp3) is 0.500. The second-order valence-corrected chi connectivity index (χ2v) is 3.49. The van der Waals surface area contributed by atoms with Crippen LogP contribution >= 0.6 is 0 Å². The molecule has 0 unspecified atom stereocenters. The number of carbonyl (C=O) groups excluding carboxylic acids is 2. The summed E-state index contributed by atoms with van der Waals surface area (Å²) < 4.78 is 0.484. The van der Waals surface area contributed by atoms with E-state index in [1.165, 1.54) is 13.8 Å². The molecule has 0 spiro atoms. The van der Waals surface area contributed by atoms with Gasteiger partial charge in [-0.2, -0.15) is 0 Å². The van der Waals surface area contributed by atoms with Crippen molar-refractivity contribution in [3.8, 4) is 0 Å². The van der Waals surface area contributed by atoms with Crippen LogP contribution < -0.4 is 5.32 Å². The molecule has 1 N–H and O–H groups in total. The van der Waals surface area contributed by atoms with Gasteiger partial charge in [0.2, 0.25) is 0 Å². The predicted molar refractivity (Wildman–Crippen MR) is 43.6 cm³/mol. The van der Waals surface area contributed by atoms with Gasteiger partial charge in [0.25, 0.3) is 0 Å². The van der Waals surface area contributed by atoms with Crippen LogP contribution in [0.15, 0.2) is 4.99 Å². The number of carbonyl (C=O) groups is 2. The molecule has 0 heterocycles. The first-order chi connectivity index (χ1) is 5.06. The molecule has 0 atom stereocenters. The molecule has 0 aromatic rings. The van der Waals surface area contributed by atoms with Crippen LogP contribution in [0, 0.1) is 0 Å². The first-order valence-electron chi connectivity index (χ1n) is 2.97. The van der Waals surface area contributed by atoms with Gasteiger partial charge in [-0.3, -0.25) is 0 Å². The van der Waals surface area contributed by atoms with E-state index in [1.54, 1.807) is 0 Å². The number of amidine groups is 1. The van der Waals surface area contributed by atoms with E-state index < -0.39 is 0 Å². The normalized spacial score (nSPS) is 11.0. The third kappa shape index (κ3) is 5.76. The van der Waals surface area contributed by atoms with Crippen LogP contribution in [0.3, 0.4) is 0 Å². The van der Waals surface area contributed by atoms with E-state index in [1.807, 2.05) is 5.82 Å². The van der Waals surface area contributed by atoms with Crippen molar-refractivity contribution in [2.75, 3.05) is 0 Å². The molecule has 0 aromatic carbocycles. The first kappa shape index (κ1) is 10.3. The van der Waals surface area contributed by atoms with E-state index in [4.69, 9.17) is 0 Å². The average molecular weight is 221 g/mol. The van der Waals surface area contributed by atoms with Gasteiger partial charge < -0.3 is 0 Å². The second kappa shape index (κ2) is 5.04. The zero-order valence-electron chi connectivity index (χ0n) is 6.67. The maximum absolute atomic E-state index is 10.5. The molecule has 2 amide bonds. The summed E-state index contributed by atoms with van der Waals surface area (Å²) in [6, 6.07) is 0. The fourth-order valence-corrected chi connectivity index (χ4v) is 1.40. The number of nitrogens with zero attached hydrogens (tertiary/aromatic N) is 1. The van der Waals surface area contributed by atoms with Crippen LogP contribution in [-0.2, 0) is 9.59 Å². The quantitative estimate of drug-likeness (QED) is 0.378. The van der Waals surface area contributed by atoms with E-state index in [0.717, 1.165) is 0 Å². The zero-order valence-corrected chi connectivity index (χ0v) is 8.39. The molecule has 62 valence electrons. The van der Waals surface area contributed by atoms with Gasteiger partial charge in [-0.25, -0.2) is 0 Å². The van der Waals surface area contributed by atoms with Gasteiger partial charge in [0.15, 0.2) is 0 Å². The molecular formula is C6H10N2O2Se. The van der Waals surface area contributed by atoms with Crippen molar-refractivity contribution < 1.29 is 9.59 Å². The van der Waals surface area contributed by atoms with Gasteiger partial charge in [-0.15, -0.1) is 0 Å². The number of rotatable bonds is 1. The van der Waals surface area contributed by atoms with Gasteiger partial charge >= 0.3 is 71.1 Å². The van der Waals surface area contributed by atoms with Crippen molar-refractivity contribution in [3.05, 3.63) is 0 Å². The summed E-state index contributed by atoms with van der Waals surface area (Å²) in [5.41, 5.74) is 0. The summed E-state index contributed by atoms with van der Waals surface area (Å²) in [5, 5.41) is 2.48. The molecule has 0 bridgehead atoms. The van der Waals surface area contributed by atoms with Crippen molar-refractivity contribution in [3.63, 3.8) is 0 Å². The van der Waals surface area contributed by atoms with Crippen LogP contribution in [0.5, 0.6) is 0 Å². The van der Waals surface area contributed by atoms with Gasteiger partial charge in [0.1, 0.15) is 0 Å². The molecule has 0 aliphatic carbocycles. The monoisotopic (exact) mass is 222 g/mol. The van der Waals surface area contributed by atoms with Crippen LogP contribution in [0.2, 0.25) is 5.82 Å². The molecule has 0 saturated heterocycles. The molecule has 4 nitrogen and oxygen atoms in total. The molecule has 5 heteroatoms. The standard InChI is InChI=1S/C6H10N2O2Se/c1-4(9)7-6(11-3)8-5(2)10/h1-3H3,(H,7,8,9,10). The maximum atomic E-state index is 10.5. The van der Waals surface area contributed by atoms with Crippen LogP contribution in [0.1, 0.15) is 13.8 Å². The van der Waals surface area contributed by atoms with Crippen molar-refractivity contribution >= 4 is 31.5 Å². The van der Waals surface area contributed by atoms with E-state index in [-0.39, 0.29) is 26.8 Å². The van der Waals surface area contributed by atoms with E-state index >= 15 is 0 Å². The average Bonchev–Trinajstić information content (AvgIpc) is 1.84. The summed E-state index contributed by atoms with van der Waals surface area (Å²) in [7, 11) is 0. The number of aliphatic imine (C=N–C) groups is 1. The Hall–Kier alpha value is -0.671. The number of hydrogen-bond donors (Lipinski definition) is 1. The summed E-state index contributed by atoms with van der Waals surface area (Å²) >= 11 is 0.0529. The fourth-order valence-electron chi connectivity index (χ4n) is 0.418. The molecule has 0 aliphatic heterocycles. The second-order valence-electron chi connectivity index (χ2n) is 1.82. The third-order valence-electron chi connectivity index (χ3n) is 0.735. The van der Waals surface area contributed by atoms with Crippen LogP contribution in [0.4, 0.5) is 0 Å². The van der Waals surface area contributed by atoms with Gasteiger partial charge in [-0.05, 0) is 0 Å². The number of nitrogens with one attached hydrogen (secondary N) is 1. The minimum absolute atomic E-state index is 0.0529. The Balaban J connectivity index is 4.16. The van der Waals surface area contributed by atoms with Crippen LogP contribution in [-0.4, -0.2) is 31.5 Å². The Morgan fingerprint density at radius 2 is 1.91 bits per heavy atom. The molecule has 0 aromatic heterocycles. The Morgan fingerprint density at radius 1 is 1.36 bits per heavy atom. The van der Waals surface area contributed by atoms with Crippen molar-refractivity contribution in [2.24, 2.45) is 4.99 Å². The number of amides is 2. The number of hydrogen-bond acceptors (Lipinski definition) is 2. The molecule has 0 aliphatic rings. The molecule has 11 heavy (non-hydrogen) atoms. The van der Waals surface area contributed by atoms with Gasteiger partial charge in [-0.1, -0.05) is 0 Å². The Morgan fingerprint density at radius 3 is 2.18 bits per heavy atom. The van der Waals surface area contributed by atoms with Crippen molar-refractivity contribution in [2.45, 2.75) is 19.7 Å². The Bertz CT molecular complexity index is 201. The van der Waals surface area contributed by atoms with E-state index in [0.29, 0.717) is 4.73 Å². The van der Waals surface area contributed by atoms with E-state index in [2.05, 4.69) is 10.3 Å². The summed E-state index contributed by atoms with van der Waals surface area (Å²) in [6.07, 6.45) is 0. The third-order valence-corrected chi connectivity index (χ3v) is 1.95. The van der Waals surface area contributed by atoms with Gasteiger partial charge in [0, 0.05) is 0 Å². The molecular weight excluding hydrogens is 211 g/mol. The molecule has 0 radical (unpaired) electrons. The summed E-state index contributed by atoms with van der Waals surface area (Å²) in [5.74, 6) is 1.41. The SMILES string of the molecule is C[Se]C(=NC(C)=O)NC(C)=O. The van der Waals surface area contributed by atoms with Crippen LogP contribution in [0.25, 0.3) is 0 Å². The zero-order chi connectivity index (χ0) is 8.85.